The Hall–Kier alpha value is -1.49. The highest BCUT2D eigenvalue weighted by atomic mass is 32.2. The molecule has 1 atom stereocenters. The molecule has 1 aromatic carbocycles. The lowest BCUT2D eigenvalue weighted by Crippen LogP contribution is -2.67. The summed E-state index contributed by atoms with van der Waals surface area (Å²) in [4.78, 5) is 27.2. The first-order valence-corrected chi connectivity index (χ1v) is 7.39. The fraction of sp³-hybridized carbons (Fsp3) is 0.429. The number of carbonyl (C=O) groups excluding carboxylic acids is 2. The van der Waals surface area contributed by atoms with Gasteiger partial charge in [0.05, 0.1) is 5.69 Å². The van der Waals surface area contributed by atoms with Crippen molar-refractivity contribution in [2.75, 3.05) is 11.2 Å². The minimum Gasteiger partial charge on any atom is -0.340 e. The van der Waals surface area contributed by atoms with E-state index in [0.717, 1.165) is 10.6 Å². The van der Waals surface area contributed by atoms with E-state index in [2.05, 4.69) is 5.32 Å². The van der Waals surface area contributed by atoms with E-state index >= 15 is 0 Å². The minimum absolute atomic E-state index is 0.0823. The van der Waals surface area contributed by atoms with Crippen LogP contribution in [0.1, 0.15) is 20.8 Å². The van der Waals surface area contributed by atoms with Gasteiger partial charge in [-0.15, -0.1) is 11.8 Å². The molecule has 0 saturated carbocycles. The number of rotatable bonds is 2. The van der Waals surface area contributed by atoms with Gasteiger partial charge in [0.2, 0.25) is 5.91 Å². The van der Waals surface area contributed by atoms with E-state index < -0.39 is 11.6 Å². The summed E-state index contributed by atoms with van der Waals surface area (Å²) in [5, 5.41) is 2.76. The third-order valence-corrected chi connectivity index (χ3v) is 4.09. The molecule has 0 aliphatic carbocycles. The fourth-order valence-corrected chi connectivity index (χ4v) is 2.80. The number of piperazine rings is 1. The van der Waals surface area contributed by atoms with Crippen LogP contribution >= 0.6 is 11.8 Å². The molecule has 1 N–H and O–H groups in total. The first-order valence-electron chi connectivity index (χ1n) is 6.17. The number of thioether (sulfide) groups is 1. The lowest BCUT2D eigenvalue weighted by atomic mass is 9.96. The van der Waals surface area contributed by atoms with Gasteiger partial charge in [-0.25, -0.2) is 0 Å². The van der Waals surface area contributed by atoms with Crippen molar-refractivity contribution in [3.8, 4) is 0 Å². The molecule has 0 spiro atoms. The summed E-state index contributed by atoms with van der Waals surface area (Å²) in [6.45, 7) is 5.21. The summed E-state index contributed by atoms with van der Waals surface area (Å²) in [5.41, 5.74) is -0.0646. The average molecular weight is 278 g/mol. The number of carbonyl (C=O) groups is 2. The maximum absolute atomic E-state index is 12.6. The molecule has 1 saturated heterocycles. The Morgan fingerprint density at radius 1 is 1.26 bits per heavy atom. The van der Waals surface area contributed by atoms with E-state index in [1.165, 1.54) is 0 Å². The number of amides is 2. The van der Waals surface area contributed by atoms with Crippen LogP contribution < -0.4 is 10.2 Å². The Bertz CT molecular complexity index is 528. The quantitative estimate of drug-likeness (QED) is 0.842. The Balaban J connectivity index is 2.51. The predicted octanol–water partition coefficient (Wildman–Crippen LogP) is 2.04. The highest BCUT2D eigenvalue weighted by Gasteiger charge is 2.44. The van der Waals surface area contributed by atoms with Gasteiger partial charge in [-0.05, 0) is 39.2 Å². The molecule has 102 valence electrons. The Labute approximate surface area is 117 Å². The van der Waals surface area contributed by atoms with Gasteiger partial charge in [0, 0.05) is 4.90 Å². The van der Waals surface area contributed by atoms with E-state index in [0.29, 0.717) is 0 Å². The van der Waals surface area contributed by atoms with Crippen LogP contribution in [0.3, 0.4) is 0 Å². The molecule has 1 unspecified atom stereocenters. The number of benzene rings is 1. The molecule has 0 radical (unpaired) electrons. The molecule has 1 aliphatic heterocycles. The van der Waals surface area contributed by atoms with Crippen LogP contribution in [0.4, 0.5) is 5.69 Å². The SMILES string of the molecule is CSc1ccccc1N1C(=O)C(C)(C)NC(=O)C1C. The normalized spacial score (nSPS) is 22.3. The number of para-hydroxylation sites is 1. The monoisotopic (exact) mass is 278 g/mol. The number of hydrogen-bond donors (Lipinski definition) is 1. The summed E-state index contributed by atoms with van der Waals surface area (Å²) in [6.07, 6.45) is 1.96. The zero-order valence-corrected chi connectivity index (χ0v) is 12.4. The van der Waals surface area contributed by atoms with Crippen LogP contribution in [0.25, 0.3) is 0 Å². The number of anilines is 1. The van der Waals surface area contributed by atoms with Crippen LogP contribution in [0.2, 0.25) is 0 Å². The minimum atomic E-state index is -0.866. The second-order valence-electron chi connectivity index (χ2n) is 5.14. The van der Waals surface area contributed by atoms with Crippen LogP contribution in [0.15, 0.2) is 29.2 Å². The molecule has 1 aromatic rings. The summed E-state index contributed by atoms with van der Waals surface area (Å²) >= 11 is 1.57. The number of hydrogen-bond acceptors (Lipinski definition) is 3. The molecular weight excluding hydrogens is 260 g/mol. The van der Waals surface area contributed by atoms with Gasteiger partial charge in [0.15, 0.2) is 0 Å². The van der Waals surface area contributed by atoms with Crippen LogP contribution in [0.5, 0.6) is 0 Å². The number of nitrogens with zero attached hydrogens (tertiary/aromatic N) is 1. The van der Waals surface area contributed by atoms with Crippen molar-refractivity contribution < 1.29 is 9.59 Å². The lowest BCUT2D eigenvalue weighted by molar-refractivity contribution is -0.136. The zero-order valence-electron chi connectivity index (χ0n) is 11.6. The molecule has 0 bridgehead atoms. The van der Waals surface area contributed by atoms with Gasteiger partial charge < -0.3 is 5.32 Å². The lowest BCUT2D eigenvalue weighted by Gasteiger charge is -2.42. The molecule has 5 heteroatoms. The van der Waals surface area contributed by atoms with Gasteiger partial charge in [0.25, 0.3) is 5.91 Å². The van der Waals surface area contributed by atoms with E-state index in [1.807, 2.05) is 30.5 Å². The Morgan fingerprint density at radius 3 is 2.53 bits per heavy atom. The standard InChI is InChI=1S/C14H18N2O2S/c1-9-12(17)15-14(2,3)13(18)16(9)10-7-5-6-8-11(10)19-4/h5-9H,1-4H3,(H,15,17). The smallest absolute Gasteiger partial charge is 0.252 e. The van der Waals surface area contributed by atoms with E-state index in [9.17, 15) is 9.59 Å². The molecule has 1 aliphatic rings. The van der Waals surface area contributed by atoms with Crippen molar-refractivity contribution in [3.05, 3.63) is 24.3 Å². The molecular formula is C14H18N2O2S. The van der Waals surface area contributed by atoms with Gasteiger partial charge in [-0.3, -0.25) is 14.5 Å². The van der Waals surface area contributed by atoms with E-state index in [4.69, 9.17) is 0 Å². The number of nitrogens with one attached hydrogen (secondary N) is 1. The van der Waals surface area contributed by atoms with Crippen molar-refractivity contribution in [2.45, 2.75) is 37.2 Å². The molecule has 2 rings (SSSR count). The van der Waals surface area contributed by atoms with Crippen molar-refractivity contribution in [3.63, 3.8) is 0 Å². The van der Waals surface area contributed by atoms with Crippen molar-refractivity contribution in [1.29, 1.82) is 0 Å². The Morgan fingerprint density at radius 2 is 1.89 bits per heavy atom. The average Bonchev–Trinajstić information content (AvgIpc) is 2.37. The summed E-state index contributed by atoms with van der Waals surface area (Å²) < 4.78 is 0. The largest absolute Gasteiger partial charge is 0.340 e. The van der Waals surface area contributed by atoms with E-state index in [1.54, 1.807) is 37.4 Å². The summed E-state index contributed by atoms with van der Waals surface area (Å²) in [5.74, 6) is -0.207. The second-order valence-corrected chi connectivity index (χ2v) is 5.99. The van der Waals surface area contributed by atoms with Gasteiger partial charge in [-0.1, -0.05) is 12.1 Å². The van der Waals surface area contributed by atoms with Crippen LogP contribution in [0, 0.1) is 0 Å². The summed E-state index contributed by atoms with van der Waals surface area (Å²) in [7, 11) is 0. The van der Waals surface area contributed by atoms with Gasteiger partial charge in [-0.2, -0.15) is 0 Å². The highest BCUT2D eigenvalue weighted by Crippen LogP contribution is 2.33. The van der Waals surface area contributed by atoms with Crippen molar-refractivity contribution in [1.82, 2.24) is 5.32 Å². The fourth-order valence-electron chi connectivity index (χ4n) is 2.21. The molecule has 4 nitrogen and oxygen atoms in total. The molecule has 0 aromatic heterocycles. The van der Waals surface area contributed by atoms with Crippen LogP contribution in [-0.2, 0) is 9.59 Å². The predicted molar refractivity (Wildman–Crippen MR) is 77.4 cm³/mol. The Kier molecular flexibility index (Phi) is 3.58. The summed E-state index contributed by atoms with van der Waals surface area (Å²) in [6, 6.07) is 7.16. The highest BCUT2D eigenvalue weighted by molar-refractivity contribution is 7.98. The first kappa shape index (κ1) is 13.9. The maximum Gasteiger partial charge on any atom is 0.252 e. The topological polar surface area (TPSA) is 49.4 Å². The third-order valence-electron chi connectivity index (χ3n) is 3.30. The van der Waals surface area contributed by atoms with Gasteiger partial charge >= 0.3 is 0 Å². The van der Waals surface area contributed by atoms with Crippen molar-refractivity contribution >= 4 is 29.3 Å². The maximum atomic E-state index is 12.6. The zero-order chi connectivity index (χ0) is 14.2. The third kappa shape index (κ3) is 2.34. The molecule has 19 heavy (non-hydrogen) atoms. The second kappa shape index (κ2) is 4.89. The molecule has 2 amide bonds. The molecule has 1 heterocycles. The van der Waals surface area contributed by atoms with Crippen LogP contribution in [-0.4, -0.2) is 29.7 Å². The van der Waals surface area contributed by atoms with E-state index in [-0.39, 0.29) is 11.8 Å². The van der Waals surface area contributed by atoms with Crippen molar-refractivity contribution in [2.24, 2.45) is 0 Å². The molecule has 1 fully saturated rings. The first-order chi connectivity index (χ1) is 8.88. The van der Waals surface area contributed by atoms with Gasteiger partial charge in [0.1, 0.15) is 11.6 Å².